The number of aromatic nitrogens is 1. The Kier molecular flexibility index (Phi) is 5.38. The summed E-state index contributed by atoms with van der Waals surface area (Å²) >= 11 is 1.88. The fourth-order valence-corrected chi connectivity index (χ4v) is 3.66. The van der Waals surface area contributed by atoms with E-state index in [0.29, 0.717) is 0 Å². The second kappa shape index (κ2) is 7.47. The van der Waals surface area contributed by atoms with Crippen molar-refractivity contribution in [3.05, 3.63) is 16.1 Å². The van der Waals surface area contributed by atoms with Crippen LogP contribution in [0.5, 0.6) is 0 Å². The minimum atomic E-state index is 0.881. The predicted molar refractivity (Wildman–Crippen MR) is 81.2 cm³/mol. The average molecular weight is 296 g/mol. The van der Waals surface area contributed by atoms with E-state index in [9.17, 15) is 0 Å². The number of ether oxygens (including phenoxy) is 1. The lowest BCUT2D eigenvalue weighted by molar-refractivity contribution is 0.0384. The van der Waals surface area contributed by atoms with Crippen LogP contribution in [-0.4, -0.2) is 73.8 Å². The molecule has 0 atom stereocenters. The largest absolute Gasteiger partial charge is 0.379 e. The van der Waals surface area contributed by atoms with Crippen molar-refractivity contribution in [1.29, 1.82) is 0 Å². The summed E-state index contributed by atoms with van der Waals surface area (Å²) in [7, 11) is 0. The standard InChI is InChI=1S/C14H24N4OS/c1(4-17-7-9-19-10-8-17)14-16-11-13(20-14)12-18-5-2-15-3-6-18/h11,15H,1-10,12H2. The summed E-state index contributed by atoms with van der Waals surface area (Å²) < 4.78 is 5.38. The number of piperazine rings is 1. The maximum atomic E-state index is 5.38. The van der Waals surface area contributed by atoms with Gasteiger partial charge < -0.3 is 10.1 Å². The van der Waals surface area contributed by atoms with Crippen LogP contribution in [0.25, 0.3) is 0 Å². The molecule has 2 aliphatic rings. The monoisotopic (exact) mass is 296 g/mol. The molecule has 20 heavy (non-hydrogen) atoms. The molecule has 1 N–H and O–H groups in total. The third kappa shape index (κ3) is 4.23. The summed E-state index contributed by atoms with van der Waals surface area (Å²) in [6.07, 6.45) is 3.15. The summed E-state index contributed by atoms with van der Waals surface area (Å²) in [6.45, 7) is 10.6. The van der Waals surface area contributed by atoms with Crippen molar-refractivity contribution < 1.29 is 4.74 Å². The van der Waals surface area contributed by atoms with Gasteiger partial charge in [-0.05, 0) is 0 Å². The summed E-state index contributed by atoms with van der Waals surface area (Å²) in [5.74, 6) is 0. The number of nitrogens with one attached hydrogen (secondary N) is 1. The van der Waals surface area contributed by atoms with Gasteiger partial charge in [0.2, 0.25) is 0 Å². The molecule has 1 aromatic rings. The number of rotatable bonds is 5. The van der Waals surface area contributed by atoms with E-state index in [1.54, 1.807) is 0 Å². The van der Waals surface area contributed by atoms with Gasteiger partial charge in [0, 0.05) is 69.9 Å². The maximum absolute atomic E-state index is 5.38. The molecule has 0 radical (unpaired) electrons. The van der Waals surface area contributed by atoms with Gasteiger partial charge in [-0.1, -0.05) is 0 Å². The van der Waals surface area contributed by atoms with Crippen LogP contribution in [0.2, 0.25) is 0 Å². The quantitative estimate of drug-likeness (QED) is 0.853. The van der Waals surface area contributed by atoms with Gasteiger partial charge in [0.05, 0.1) is 18.2 Å². The molecule has 0 bridgehead atoms. The maximum Gasteiger partial charge on any atom is 0.0940 e. The molecule has 0 aliphatic carbocycles. The summed E-state index contributed by atoms with van der Waals surface area (Å²) in [6, 6.07) is 0. The highest BCUT2D eigenvalue weighted by atomic mass is 32.1. The van der Waals surface area contributed by atoms with Crippen LogP contribution in [0.1, 0.15) is 9.88 Å². The Labute approximate surface area is 124 Å². The van der Waals surface area contributed by atoms with E-state index in [4.69, 9.17) is 4.74 Å². The van der Waals surface area contributed by atoms with Crippen molar-refractivity contribution in [3.8, 4) is 0 Å². The van der Waals surface area contributed by atoms with E-state index >= 15 is 0 Å². The SMILES string of the molecule is c1nc(CCN2CCOCC2)sc1CN1CCNCC1. The highest BCUT2D eigenvalue weighted by Crippen LogP contribution is 2.16. The molecule has 1 aromatic heterocycles. The lowest BCUT2D eigenvalue weighted by Gasteiger charge is -2.26. The molecule has 3 rings (SSSR count). The topological polar surface area (TPSA) is 40.6 Å². The Bertz CT molecular complexity index is 400. The van der Waals surface area contributed by atoms with Gasteiger partial charge in [-0.2, -0.15) is 0 Å². The second-order valence-electron chi connectivity index (χ2n) is 5.45. The first-order valence-electron chi connectivity index (χ1n) is 7.57. The number of thiazole rings is 1. The third-order valence-electron chi connectivity index (χ3n) is 3.94. The fourth-order valence-electron chi connectivity index (χ4n) is 2.70. The molecule has 0 unspecified atom stereocenters. The molecule has 2 fully saturated rings. The van der Waals surface area contributed by atoms with Gasteiger partial charge in [0.25, 0.3) is 0 Å². The van der Waals surface area contributed by atoms with Gasteiger partial charge in [-0.15, -0.1) is 11.3 Å². The van der Waals surface area contributed by atoms with Crippen molar-refractivity contribution >= 4 is 11.3 Å². The number of hydrogen-bond donors (Lipinski definition) is 1. The predicted octanol–water partition coefficient (Wildman–Crippen LogP) is 0.423. The zero-order chi connectivity index (χ0) is 13.6. The highest BCUT2D eigenvalue weighted by molar-refractivity contribution is 7.11. The van der Waals surface area contributed by atoms with Gasteiger partial charge in [-0.3, -0.25) is 9.80 Å². The van der Waals surface area contributed by atoms with E-state index in [1.165, 1.54) is 9.88 Å². The van der Waals surface area contributed by atoms with Gasteiger partial charge in [0.15, 0.2) is 0 Å². The first-order valence-corrected chi connectivity index (χ1v) is 8.38. The highest BCUT2D eigenvalue weighted by Gasteiger charge is 2.13. The van der Waals surface area contributed by atoms with E-state index in [1.807, 2.05) is 11.3 Å². The first-order chi connectivity index (χ1) is 9.90. The van der Waals surface area contributed by atoms with Crippen LogP contribution in [0.15, 0.2) is 6.20 Å². The van der Waals surface area contributed by atoms with Crippen molar-refractivity contribution in [2.75, 3.05) is 59.0 Å². The Balaban J connectivity index is 1.43. The molecule has 0 spiro atoms. The lowest BCUT2D eigenvalue weighted by Crippen LogP contribution is -2.42. The molecule has 2 aliphatic heterocycles. The van der Waals surface area contributed by atoms with Crippen LogP contribution in [0.4, 0.5) is 0 Å². The number of nitrogens with zero attached hydrogens (tertiary/aromatic N) is 3. The Morgan fingerprint density at radius 3 is 2.75 bits per heavy atom. The first kappa shape index (κ1) is 14.4. The van der Waals surface area contributed by atoms with E-state index in [-0.39, 0.29) is 0 Å². The number of hydrogen-bond acceptors (Lipinski definition) is 6. The average Bonchev–Trinajstić information content (AvgIpc) is 2.95. The Hall–Kier alpha value is -0.530. The van der Waals surface area contributed by atoms with Crippen molar-refractivity contribution in [3.63, 3.8) is 0 Å². The van der Waals surface area contributed by atoms with Crippen LogP contribution >= 0.6 is 11.3 Å². The minimum Gasteiger partial charge on any atom is -0.379 e. The summed E-state index contributed by atoms with van der Waals surface area (Å²) in [4.78, 5) is 11.0. The van der Waals surface area contributed by atoms with E-state index < -0.39 is 0 Å². The molecule has 5 nitrogen and oxygen atoms in total. The van der Waals surface area contributed by atoms with Gasteiger partial charge >= 0.3 is 0 Å². The molecule has 0 aromatic carbocycles. The molecule has 3 heterocycles. The fraction of sp³-hybridized carbons (Fsp3) is 0.786. The van der Waals surface area contributed by atoms with Crippen LogP contribution in [0.3, 0.4) is 0 Å². The molecule has 112 valence electrons. The Morgan fingerprint density at radius 2 is 1.95 bits per heavy atom. The zero-order valence-corrected chi connectivity index (χ0v) is 12.8. The second-order valence-corrected chi connectivity index (χ2v) is 6.65. The molecule has 0 saturated carbocycles. The van der Waals surface area contributed by atoms with Crippen molar-refractivity contribution in [2.24, 2.45) is 0 Å². The van der Waals surface area contributed by atoms with Crippen LogP contribution < -0.4 is 5.32 Å². The minimum absolute atomic E-state index is 0.881. The number of morpholine rings is 1. The van der Waals surface area contributed by atoms with Gasteiger partial charge in [-0.25, -0.2) is 4.98 Å². The van der Waals surface area contributed by atoms with E-state index in [0.717, 1.165) is 72.0 Å². The molecule has 0 amide bonds. The molecule has 2 saturated heterocycles. The zero-order valence-electron chi connectivity index (χ0n) is 12.0. The van der Waals surface area contributed by atoms with Crippen molar-refractivity contribution in [1.82, 2.24) is 20.1 Å². The molecular formula is C14H24N4OS. The Morgan fingerprint density at radius 1 is 1.15 bits per heavy atom. The third-order valence-corrected chi connectivity index (χ3v) is 4.98. The van der Waals surface area contributed by atoms with Gasteiger partial charge in [0.1, 0.15) is 0 Å². The lowest BCUT2D eigenvalue weighted by atomic mass is 10.3. The smallest absolute Gasteiger partial charge is 0.0940 e. The van der Waals surface area contributed by atoms with Crippen molar-refractivity contribution in [2.45, 2.75) is 13.0 Å². The molecule has 6 heteroatoms. The summed E-state index contributed by atoms with van der Waals surface area (Å²) in [5, 5.41) is 4.67. The van der Waals surface area contributed by atoms with Crippen LogP contribution in [0, 0.1) is 0 Å². The normalized spacial score (nSPS) is 22.2. The summed E-state index contributed by atoms with van der Waals surface area (Å²) in [5.41, 5.74) is 0. The van der Waals surface area contributed by atoms with Crippen LogP contribution in [-0.2, 0) is 17.7 Å². The molecular weight excluding hydrogens is 272 g/mol. The van der Waals surface area contributed by atoms with E-state index in [2.05, 4.69) is 26.3 Å².